The van der Waals surface area contributed by atoms with Crippen LogP contribution in [0.3, 0.4) is 0 Å². The van der Waals surface area contributed by atoms with Gasteiger partial charge in [0.2, 0.25) is 0 Å². The second-order valence-corrected chi connectivity index (χ2v) is 8.15. The lowest BCUT2D eigenvalue weighted by molar-refractivity contribution is -0.143. The first-order chi connectivity index (χ1) is 16.6. The lowest BCUT2D eigenvalue weighted by Crippen LogP contribution is -2.25. The van der Waals surface area contributed by atoms with E-state index in [9.17, 15) is 19.8 Å². The minimum Gasteiger partial charge on any atom is -0.491 e. The molecule has 0 aromatic heterocycles. The Bertz CT molecular complexity index is 913. The average molecular weight is 485 g/mol. The Morgan fingerprint density at radius 1 is 0.686 bits per heavy atom. The van der Waals surface area contributed by atoms with E-state index in [4.69, 9.17) is 18.9 Å². The second kappa shape index (κ2) is 13.9. The van der Waals surface area contributed by atoms with Crippen molar-refractivity contribution in [2.45, 2.75) is 32.5 Å². The molecule has 0 spiro atoms. The second-order valence-electron chi connectivity index (χ2n) is 8.15. The van der Waals surface area contributed by atoms with Gasteiger partial charge in [-0.1, -0.05) is 37.4 Å². The molecule has 8 heteroatoms. The molecule has 2 rings (SSSR count). The summed E-state index contributed by atoms with van der Waals surface area (Å²) in [6.45, 7) is 9.70. The maximum Gasteiger partial charge on any atom is 0.333 e. The molecular formula is C27H32O8. The molecule has 35 heavy (non-hydrogen) atoms. The van der Waals surface area contributed by atoms with Gasteiger partial charge in [0.05, 0.1) is 0 Å². The van der Waals surface area contributed by atoms with E-state index in [1.165, 1.54) is 13.8 Å². The average Bonchev–Trinajstić information content (AvgIpc) is 2.84. The minimum atomic E-state index is -0.939. The molecule has 0 aliphatic carbocycles. The minimum absolute atomic E-state index is 0.00466. The van der Waals surface area contributed by atoms with Crippen LogP contribution in [0.15, 0.2) is 72.8 Å². The Morgan fingerprint density at radius 3 is 1.34 bits per heavy atom. The Balaban J connectivity index is 1.74. The van der Waals surface area contributed by atoms with Gasteiger partial charge in [0.25, 0.3) is 0 Å². The Hall–Kier alpha value is -3.62. The lowest BCUT2D eigenvalue weighted by atomic mass is 10.0. The number of ether oxygens (including phenoxy) is 4. The topological polar surface area (TPSA) is 112 Å². The van der Waals surface area contributed by atoms with Crippen molar-refractivity contribution in [2.75, 3.05) is 26.4 Å². The molecule has 0 aliphatic rings. The fourth-order valence-corrected chi connectivity index (χ4v) is 2.71. The zero-order valence-corrected chi connectivity index (χ0v) is 20.1. The fraction of sp³-hybridized carbons (Fsp3) is 0.333. The first kappa shape index (κ1) is 27.6. The molecule has 0 bridgehead atoms. The summed E-state index contributed by atoms with van der Waals surface area (Å²) in [6, 6.07) is 14.9. The molecule has 2 N–H and O–H groups in total. The highest BCUT2D eigenvalue weighted by molar-refractivity contribution is 5.87. The van der Waals surface area contributed by atoms with Crippen LogP contribution in [-0.4, -0.2) is 60.8 Å². The van der Waals surface area contributed by atoms with Gasteiger partial charge in [-0.25, -0.2) is 9.59 Å². The quantitative estimate of drug-likeness (QED) is 0.311. The molecule has 2 aromatic carbocycles. The van der Waals surface area contributed by atoms with Gasteiger partial charge in [-0.2, -0.15) is 0 Å². The first-order valence-electron chi connectivity index (χ1n) is 11.1. The van der Waals surface area contributed by atoms with Crippen molar-refractivity contribution in [2.24, 2.45) is 0 Å². The summed E-state index contributed by atoms with van der Waals surface area (Å²) >= 11 is 0. The smallest absolute Gasteiger partial charge is 0.333 e. The van der Waals surface area contributed by atoms with Crippen molar-refractivity contribution < 1.29 is 38.7 Å². The molecule has 0 fully saturated rings. The van der Waals surface area contributed by atoms with Crippen molar-refractivity contribution in [3.05, 3.63) is 84.0 Å². The summed E-state index contributed by atoms with van der Waals surface area (Å²) < 4.78 is 20.9. The molecule has 2 atom stereocenters. The standard InChI is InChI=1S/C27H32O8/c1-18(2)26(30)34-16-22(28)14-32-24-9-5-20(6-10-24)13-21-7-11-25(12-8-21)33-15-23(29)17-35-27(31)19(3)4/h5-12,22-23,28-29H,1,3,13-17H2,2,4H3. The van der Waals surface area contributed by atoms with Crippen LogP contribution in [0.5, 0.6) is 11.5 Å². The van der Waals surface area contributed by atoms with Crippen LogP contribution >= 0.6 is 0 Å². The third-order valence-electron chi connectivity index (χ3n) is 4.65. The third kappa shape index (κ3) is 10.5. The Labute approximate surface area is 205 Å². The van der Waals surface area contributed by atoms with Crippen molar-refractivity contribution in [3.63, 3.8) is 0 Å². The number of hydrogen-bond acceptors (Lipinski definition) is 8. The summed E-state index contributed by atoms with van der Waals surface area (Å²) in [6.07, 6.45) is -1.18. The number of carbonyl (C=O) groups excluding carboxylic acids is 2. The monoisotopic (exact) mass is 484 g/mol. The molecule has 0 amide bonds. The van der Waals surface area contributed by atoms with E-state index in [0.29, 0.717) is 17.9 Å². The van der Waals surface area contributed by atoms with E-state index in [1.54, 1.807) is 0 Å². The molecule has 0 saturated carbocycles. The maximum absolute atomic E-state index is 11.3. The zero-order valence-electron chi connectivity index (χ0n) is 20.1. The predicted octanol–water partition coefficient (Wildman–Crippen LogP) is 3.00. The summed E-state index contributed by atoms with van der Waals surface area (Å²) in [5, 5.41) is 19.7. The van der Waals surface area contributed by atoms with Crippen LogP contribution < -0.4 is 9.47 Å². The molecule has 0 radical (unpaired) electrons. The summed E-state index contributed by atoms with van der Waals surface area (Å²) in [5.74, 6) is 0.0879. The van der Waals surface area contributed by atoms with Gasteiger partial charge in [0.1, 0.15) is 50.1 Å². The number of rotatable bonds is 14. The van der Waals surface area contributed by atoms with Crippen LogP contribution in [0.4, 0.5) is 0 Å². The third-order valence-corrected chi connectivity index (χ3v) is 4.65. The van der Waals surface area contributed by atoms with Crippen LogP contribution in [0, 0.1) is 0 Å². The van der Waals surface area contributed by atoms with Crippen molar-refractivity contribution in [1.82, 2.24) is 0 Å². The summed E-state index contributed by atoms with van der Waals surface area (Å²) in [5.41, 5.74) is 2.68. The van der Waals surface area contributed by atoms with E-state index in [1.807, 2.05) is 48.5 Å². The van der Waals surface area contributed by atoms with Crippen LogP contribution in [0.2, 0.25) is 0 Å². The number of hydrogen-bond donors (Lipinski definition) is 2. The summed E-state index contributed by atoms with van der Waals surface area (Å²) in [4.78, 5) is 22.7. The van der Waals surface area contributed by atoms with Gasteiger partial charge in [-0.15, -0.1) is 0 Å². The van der Waals surface area contributed by atoms with E-state index >= 15 is 0 Å². The van der Waals surface area contributed by atoms with E-state index in [-0.39, 0.29) is 37.6 Å². The Morgan fingerprint density at radius 2 is 1.03 bits per heavy atom. The van der Waals surface area contributed by atoms with E-state index in [2.05, 4.69) is 13.2 Å². The van der Waals surface area contributed by atoms with Crippen molar-refractivity contribution in [3.8, 4) is 11.5 Å². The highest BCUT2D eigenvalue weighted by Crippen LogP contribution is 2.18. The predicted molar refractivity (Wildman–Crippen MR) is 130 cm³/mol. The van der Waals surface area contributed by atoms with Crippen molar-refractivity contribution >= 4 is 11.9 Å². The van der Waals surface area contributed by atoms with Crippen molar-refractivity contribution in [1.29, 1.82) is 0 Å². The molecule has 2 unspecified atom stereocenters. The molecule has 188 valence electrons. The van der Waals surface area contributed by atoms with Crippen LogP contribution in [-0.2, 0) is 25.5 Å². The number of esters is 2. The van der Waals surface area contributed by atoms with Crippen LogP contribution in [0.1, 0.15) is 25.0 Å². The van der Waals surface area contributed by atoms with Gasteiger partial charge in [0, 0.05) is 11.1 Å². The van der Waals surface area contributed by atoms with Gasteiger partial charge in [-0.05, 0) is 55.7 Å². The number of benzene rings is 2. The molecule has 0 heterocycles. The molecule has 0 aliphatic heterocycles. The van der Waals surface area contributed by atoms with Gasteiger partial charge in [0.15, 0.2) is 0 Å². The largest absolute Gasteiger partial charge is 0.491 e. The molecule has 8 nitrogen and oxygen atoms in total. The Kier molecular flexibility index (Phi) is 11.0. The summed E-state index contributed by atoms with van der Waals surface area (Å²) in [7, 11) is 0. The first-order valence-corrected chi connectivity index (χ1v) is 11.1. The number of aliphatic hydroxyl groups excluding tert-OH is 2. The van der Waals surface area contributed by atoms with Gasteiger partial charge >= 0.3 is 11.9 Å². The van der Waals surface area contributed by atoms with Gasteiger partial charge < -0.3 is 29.2 Å². The molecular weight excluding hydrogens is 452 g/mol. The SMILES string of the molecule is C=C(C)C(=O)OCC(O)COc1ccc(Cc2ccc(OCC(O)COC(=O)C(=C)C)cc2)cc1. The highest BCUT2D eigenvalue weighted by atomic mass is 16.6. The maximum atomic E-state index is 11.3. The normalized spacial score (nSPS) is 12.2. The fourth-order valence-electron chi connectivity index (χ4n) is 2.71. The van der Waals surface area contributed by atoms with E-state index < -0.39 is 24.1 Å². The van der Waals surface area contributed by atoms with E-state index in [0.717, 1.165) is 11.1 Å². The molecule has 2 aromatic rings. The highest BCUT2D eigenvalue weighted by Gasteiger charge is 2.11. The number of aliphatic hydroxyl groups is 2. The molecule has 0 saturated heterocycles. The zero-order chi connectivity index (χ0) is 25.8. The van der Waals surface area contributed by atoms with Crippen LogP contribution in [0.25, 0.3) is 0 Å². The number of carbonyl (C=O) groups is 2. The van der Waals surface area contributed by atoms with Gasteiger partial charge in [-0.3, -0.25) is 0 Å². The lowest BCUT2D eigenvalue weighted by Gasteiger charge is -2.13.